The van der Waals surface area contributed by atoms with Gasteiger partial charge < -0.3 is 4.90 Å². The third-order valence-corrected chi connectivity index (χ3v) is 5.27. The zero-order chi connectivity index (χ0) is 18.1. The molecule has 24 heavy (non-hydrogen) atoms. The Hall–Kier alpha value is -2.00. The van der Waals surface area contributed by atoms with Crippen molar-refractivity contribution in [2.75, 3.05) is 32.4 Å². The number of benzene rings is 1. The maximum atomic E-state index is 12.6. The van der Waals surface area contributed by atoms with E-state index in [2.05, 4.69) is 18.7 Å². The summed E-state index contributed by atoms with van der Waals surface area (Å²) in [5, 5.41) is 11.3. The highest BCUT2D eigenvalue weighted by molar-refractivity contribution is 7.90. The molecule has 1 aromatic carbocycles. The maximum Gasteiger partial charge on any atom is 0.283 e. The molecule has 9 heteroatoms. The maximum absolute atomic E-state index is 12.6. The van der Waals surface area contributed by atoms with E-state index in [1.165, 1.54) is 12.1 Å². The van der Waals surface area contributed by atoms with Crippen LogP contribution < -0.4 is 0 Å². The number of rotatable bonds is 4. The van der Waals surface area contributed by atoms with Crippen LogP contribution in [0.5, 0.6) is 0 Å². The number of nitrogens with zero attached hydrogens (tertiary/aromatic N) is 3. The molecule has 2 rings (SSSR count). The van der Waals surface area contributed by atoms with Crippen molar-refractivity contribution < 1.29 is 18.1 Å². The molecule has 0 aliphatic carbocycles. The van der Waals surface area contributed by atoms with Gasteiger partial charge in [0.15, 0.2) is 9.84 Å². The Morgan fingerprint density at radius 2 is 1.79 bits per heavy atom. The average Bonchev–Trinajstić information content (AvgIpc) is 2.52. The lowest BCUT2D eigenvalue weighted by molar-refractivity contribution is -0.385. The Balaban J connectivity index is 2.28. The van der Waals surface area contributed by atoms with E-state index in [0.29, 0.717) is 32.2 Å². The molecule has 0 atom stereocenters. The van der Waals surface area contributed by atoms with Crippen LogP contribution in [-0.2, 0) is 9.84 Å². The molecule has 1 amide bonds. The number of nitro benzene ring substituents is 1. The van der Waals surface area contributed by atoms with Crippen LogP contribution in [0.1, 0.15) is 24.2 Å². The summed E-state index contributed by atoms with van der Waals surface area (Å²) >= 11 is 0. The summed E-state index contributed by atoms with van der Waals surface area (Å²) in [5.41, 5.74) is -0.556. The Labute approximate surface area is 141 Å². The zero-order valence-corrected chi connectivity index (χ0v) is 14.7. The molecule has 0 radical (unpaired) electrons. The number of carbonyl (C=O) groups is 1. The second kappa shape index (κ2) is 6.86. The lowest BCUT2D eigenvalue weighted by Gasteiger charge is -2.36. The number of hydrogen-bond acceptors (Lipinski definition) is 6. The molecule has 1 saturated heterocycles. The summed E-state index contributed by atoms with van der Waals surface area (Å²) in [6.45, 7) is 6.54. The highest BCUT2D eigenvalue weighted by atomic mass is 32.2. The van der Waals surface area contributed by atoms with Gasteiger partial charge in [-0.15, -0.1) is 0 Å². The fourth-order valence-corrected chi connectivity index (χ4v) is 3.33. The molecule has 1 aromatic rings. The first-order valence-electron chi connectivity index (χ1n) is 7.63. The minimum Gasteiger partial charge on any atom is -0.336 e. The van der Waals surface area contributed by atoms with Crippen LogP contribution in [0.4, 0.5) is 5.69 Å². The summed E-state index contributed by atoms with van der Waals surface area (Å²) < 4.78 is 23.1. The van der Waals surface area contributed by atoms with Crippen molar-refractivity contribution in [2.24, 2.45) is 0 Å². The van der Waals surface area contributed by atoms with Gasteiger partial charge in [0.1, 0.15) is 5.56 Å². The van der Waals surface area contributed by atoms with Gasteiger partial charge in [-0.3, -0.25) is 19.8 Å². The molecular formula is C15H21N3O5S. The lowest BCUT2D eigenvalue weighted by Crippen LogP contribution is -2.50. The number of amides is 1. The van der Waals surface area contributed by atoms with Gasteiger partial charge in [0.25, 0.3) is 11.6 Å². The first-order chi connectivity index (χ1) is 11.1. The van der Waals surface area contributed by atoms with Crippen molar-refractivity contribution in [3.8, 4) is 0 Å². The standard InChI is InChI=1S/C15H21N3O5S/c1-11(2)16-6-8-17(9-7-16)15(19)13-5-4-12(24(3,22)23)10-14(13)18(20)21/h4-5,10-11H,6-9H2,1-3H3. The predicted octanol–water partition coefficient (Wildman–Crippen LogP) is 1.16. The Bertz CT molecular complexity index is 752. The molecule has 0 bridgehead atoms. The van der Waals surface area contributed by atoms with Gasteiger partial charge >= 0.3 is 0 Å². The van der Waals surface area contributed by atoms with E-state index in [-0.39, 0.29) is 10.5 Å². The topological polar surface area (TPSA) is 101 Å². The molecule has 0 unspecified atom stereocenters. The summed E-state index contributed by atoms with van der Waals surface area (Å²) in [6.07, 6.45) is 0.971. The molecule has 0 aromatic heterocycles. The fraction of sp³-hybridized carbons (Fsp3) is 0.533. The number of nitro groups is 1. The van der Waals surface area contributed by atoms with Gasteiger partial charge in [0.05, 0.1) is 9.82 Å². The van der Waals surface area contributed by atoms with Crippen LogP contribution in [0.15, 0.2) is 23.1 Å². The molecule has 1 aliphatic heterocycles. The van der Waals surface area contributed by atoms with E-state index in [1.54, 1.807) is 4.90 Å². The van der Waals surface area contributed by atoms with E-state index < -0.39 is 26.4 Å². The SMILES string of the molecule is CC(C)N1CCN(C(=O)c2ccc(S(C)(=O)=O)cc2[N+](=O)[O-])CC1. The molecule has 1 aliphatic rings. The van der Waals surface area contributed by atoms with Crippen LogP contribution in [0.3, 0.4) is 0 Å². The quantitative estimate of drug-likeness (QED) is 0.593. The van der Waals surface area contributed by atoms with E-state index in [0.717, 1.165) is 12.3 Å². The highest BCUT2D eigenvalue weighted by Crippen LogP contribution is 2.25. The monoisotopic (exact) mass is 355 g/mol. The summed E-state index contributed by atoms with van der Waals surface area (Å²) in [4.78, 5) is 26.8. The van der Waals surface area contributed by atoms with Crippen LogP contribution in [0.2, 0.25) is 0 Å². The molecular weight excluding hydrogens is 334 g/mol. The van der Waals surface area contributed by atoms with Gasteiger partial charge in [-0.25, -0.2) is 8.42 Å². The summed E-state index contributed by atoms with van der Waals surface area (Å²) in [7, 11) is -3.58. The fourth-order valence-electron chi connectivity index (χ4n) is 2.69. The number of hydrogen-bond donors (Lipinski definition) is 0. The average molecular weight is 355 g/mol. The molecule has 0 N–H and O–H groups in total. The van der Waals surface area contributed by atoms with Crippen molar-refractivity contribution in [2.45, 2.75) is 24.8 Å². The minimum absolute atomic E-state index is 0.0783. The predicted molar refractivity (Wildman–Crippen MR) is 88.8 cm³/mol. The van der Waals surface area contributed by atoms with Crippen LogP contribution in [-0.4, -0.2) is 67.5 Å². The Morgan fingerprint density at radius 3 is 2.25 bits per heavy atom. The molecule has 0 saturated carbocycles. The van der Waals surface area contributed by atoms with Gasteiger partial charge in [-0.2, -0.15) is 0 Å². The summed E-state index contributed by atoms with van der Waals surface area (Å²) in [5.74, 6) is -0.440. The Kier molecular flexibility index (Phi) is 5.24. The number of sulfone groups is 1. The van der Waals surface area contributed by atoms with Crippen molar-refractivity contribution in [3.05, 3.63) is 33.9 Å². The van der Waals surface area contributed by atoms with E-state index in [4.69, 9.17) is 0 Å². The number of piperazine rings is 1. The first kappa shape index (κ1) is 18.3. The van der Waals surface area contributed by atoms with Gasteiger partial charge in [-0.1, -0.05) is 0 Å². The van der Waals surface area contributed by atoms with Crippen molar-refractivity contribution >= 4 is 21.4 Å². The van der Waals surface area contributed by atoms with E-state index in [9.17, 15) is 23.3 Å². The molecule has 1 fully saturated rings. The van der Waals surface area contributed by atoms with E-state index in [1.807, 2.05) is 0 Å². The molecule has 132 valence electrons. The first-order valence-corrected chi connectivity index (χ1v) is 9.52. The highest BCUT2D eigenvalue weighted by Gasteiger charge is 2.29. The Morgan fingerprint density at radius 1 is 1.21 bits per heavy atom. The third kappa shape index (κ3) is 3.90. The summed E-state index contributed by atoms with van der Waals surface area (Å²) in [6, 6.07) is 3.80. The van der Waals surface area contributed by atoms with Gasteiger partial charge in [0, 0.05) is 44.5 Å². The second-order valence-corrected chi connectivity index (χ2v) is 8.15. The van der Waals surface area contributed by atoms with Crippen molar-refractivity contribution in [1.82, 2.24) is 9.80 Å². The smallest absolute Gasteiger partial charge is 0.283 e. The van der Waals surface area contributed by atoms with Gasteiger partial charge in [-0.05, 0) is 26.0 Å². The molecule has 0 spiro atoms. The minimum atomic E-state index is -3.58. The van der Waals surface area contributed by atoms with Crippen LogP contribution in [0.25, 0.3) is 0 Å². The van der Waals surface area contributed by atoms with Crippen molar-refractivity contribution in [3.63, 3.8) is 0 Å². The van der Waals surface area contributed by atoms with Crippen molar-refractivity contribution in [1.29, 1.82) is 0 Å². The zero-order valence-electron chi connectivity index (χ0n) is 13.9. The van der Waals surface area contributed by atoms with E-state index >= 15 is 0 Å². The van der Waals surface area contributed by atoms with Gasteiger partial charge in [0.2, 0.25) is 0 Å². The molecule has 8 nitrogen and oxygen atoms in total. The molecule has 1 heterocycles. The van der Waals surface area contributed by atoms with Crippen LogP contribution in [0, 0.1) is 10.1 Å². The largest absolute Gasteiger partial charge is 0.336 e. The normalized spacial score (nSPS) is 16.4. The number of carbonyl (C=O) groups excluding carboxylic acids is 1. The van der Waals surface area contributed by atoms with Crippen LogP contribution >= 0.6 is 0 Å². The second-order valence-electron chi connectivity index (χ2n) is 6.13. The third-order valence-electron chi connectivity index (χ3n) is 4.16. The lowest BCUT2D eigenvalue weighted by atomic mass is 10.1.